The topological polar surface area (TPSA) is 124 Å². The molecule has 1 N–H and O–H groups in total. The van der Waals surface area contributed by atoms with Gasteiger partial charge in [-0.3, -0.25) is 25.0 Å². The number of nitro benzene ring substituents is 2. The molecule has 0 aliphatic heterocycles. The van der Waals surface area contributed by atoms with Crippen molar-refractivity contribution in [2.75, 3.05) is 0 Å². The molecule has 8 nitrogen and oxygen atoms in total. The number of hydrogen-bond donors (Lipinski definition) is 1. The molecule has 0 bridgehead atoms. The van der Waals surface area contributed by atoms with Crippen LogP contribution < -0.4 is 0 Å². The van der Waals surface area contributed by atoms with E-state index in [1.54, 1.807) is 0 Å². The third kappa shape index (κ3) is 1.88. The van der Waals surface area contributed by atoms with Crippen molar-refractivity contribution < 1.29 is 19.7 Å². The number of nitro groups is 2. The third-order valence-electron chi connectivity index (χ3n) is 1.61. The summed E-state index contributed by atoms with van der Waals surface area (Å²) in [6.07, 6.45) is 0.0743. The summed E-state index contributed by atoms with van der Waals surface area (Å²) in [7, 11) is 0. The molecule has 1 aromatic rings. The van der Waals surface area contributed by atoms with Gasteiger partial charge in [-0.1, -0.05) is 0 Å². The number of hydrogen-bond acceptors (Lipinski definition) is 6. The zero-order valence-corrected chi connectivity index (χ0v) is 7.11. The summed E-state index contributed by atoms with van der Waals surface area (Å²) in [5.74, 6) is -0.575. The molecule has 0 amide bonds. The molecule has 8 heteroatoms. The van der Waals surface area contributed by atoms with Gasteiger partial charge >= 0.3 is 11.4 Å². The van der Waals surface area contributed by atoms with Crippen molar-refractivity contribution in [2.24, 2.45) is 0 Å². The molecule has 1 aromatic carbocycles. The number of carbonyl (C=O) groups excluding carboxylic acids is 1. The van der Waals surface area contributed by atoms with Gasteiger partial charge in [0.1, 0.15) is 11.3 Å². The van der Waals surface area contributed by atoms with Gasteiger partial charge in [0, 0.05) is 0 Å². The van der Waals surface area contributed by atoms with E-state index in [0.717, 1.165) is 6.07 Å². The van der Waals surface area contributed by atoms with Crippen LogP contribution in [-0.2, 0) is 0 Å². The lowest BCUT2D eigenvalue weighted by Crippen LogP contribution is -2.00. The molecular formula is C7H4N2O6. The lowest BCUT2D eigenvalue weighted by Gasteiger charge is -1.98. The number of carbonyl (C=O) groups is 1. The quantitative estimate of drug-likeness (QED) is 0.453. The fourth-order valence-corrected chi connectivity index (χ4v) is 1.05. The van der Waals surface area contributed by atoms with Crippen LogP contribution in [0, 0.1) is 20.2 Å². The Hall–Kier alpha value is -2.51. The predicted octanol–water partition coefficient (Wildman–Crippen LogP) is 1.02. The van der Waals surface area contributed by atoms with Gasteiger partial charge in [0.2, 0.25) is 0 Å². The second-order valence-corrected chi connectivity index (χ2v) is 2.53. The van der Waals surface area contributed by atoms with Gasteiger partial charge in [0.05, 0.1) is 15.9 Å². The molecule has 0 radical (unpaired) electrons. The Morgan fingerprint density at radius 2 is 1.80 bits per heavy atom. The maximum absolute atomic E-state index is 10.5. The molecule has 0 aromatic heterocycles. The Morgan fingerprint density at radius 3 is 2.20 bits per heavy atom. The molecule has 1 rings (SSSR count). The van der Waals surface area contributed by atoms with Crippen LogP contribution in [-0.4, -0.2) is 21.2 Å². The molecule has 0 spiro atoms. The van der Waals surface area contributed by atoms with Crippen molar-refractivity contribution in [1.29, 1.82) is 0 Å². The number of rotatable bonds is 3. The van der Waals surface area contributed by atoms with E-state index >= 15 is 0 Å². The van der Waals surface area contributed by atoms with Gasteiger partial charge < -0.3 is 5.11 Å². The second-order valence-electron chi connectivity index (χ2n) is 2.53. The van der Waals surface area contributed by atoms with Crippen LogP contribution in [0.1, 0.15) is 10.4 Å². The van der Waals surface area contributed by atoms with E-state index in [0.29, 0.717) is 6.07 Å². The van der Waals surface area contributed by atoms with Crippen LogP contribution >= 0.6 is 0 Å². The van der Waals surface area contributed by atoms with E-state index in [1.165, 1.54) is 0 Å². The number of aromatic hydroxyl groups is 1. The fourth-order valence-electron chi connectivity index (χ4n) is 1.05. The van der Waals surface area contributed by atoms with E-state index < -0.39 is 32.5 Å². The maximum atomic E-state index is 10.5. The Bertz CT molecular complexity index is 455. The second kappa shape index (κ2) is 3.70. The molecule has 0 heterocycles. The highest BCUT2D eigenvalue weighted by Crippen LogP contribution is 2.33. The summed E-state index contributed by atoms with van der Waals surface area (Å²) in [5, 5.41) is 29.9. The zero-order chi connectivity index (χ0) is 11.6. The van der Waals surface area contributed by atoms with Crippen molar-refractivity contribution in [3.8, 4) is 5.75 Å². The van der Waals surface area contributed by atoms with E-state index in [1.807, 2.05) is 0 Å². The fraction of sp³-hybridized carbons (Fsp3) is 0. The molecule has 15 heavy (non-hydrogen) atoms. The molecule has 0 aliphatic rings. The van der Waals surface area contributed by atoms with Crippen LogP contribution in [0.25, 0.3) is 0 Å². The Kier molecular flexibility index (Phi) is 2.61. The lowest BCUT2D eigenvalue weighted by atomic mass is 10.1. The normalized spacial score (nSPS) is 9.60. The van der Waals surface area contributed by atoms with Crippen molar-refractivity contribution in [1.82, 2.24) is 0 Å². The van der Waals surface area contributed by atoms with Crippen molar-refractivity contribution in [3.63, 3.8) is 0 Å². The molecule has 0 unspecified atom stereocenters. The number of nitrogens with zero attached hydrogens (tertiary/aromatic N) is 2. The molecule has 0 fully saturated rings. The lowest BCUT2D eigenvalue weighted by molar-refractivity contribution is -0.422. The summed E-state index contributed by atoms with van der Waals surface area (Å²) in [6.45, 7) is 0. The highest BCUT2D eigenvalue weighted by molar-refractivity contribution is 5.85. The van der Waals surface area contributed by atoms with E-state index in [4.69, 9.17) is 5.11 Å². The van der Waals surface area contributed by atoms with Crippen molar-refractivity contribution >= 4 is 17.7 Å². The summed E-state index contributed by atoms with van der Waals surface area (Å²) in [4.78, 5) is 29.2. The van der Waals surface area contributed by atoms with Gasteiger partial charge in [0.25, 0.3) is 0 Å². The van der Waals surface area contributed by atoms with Gasteiger partial charge in [-0.05, 0) is 6.07 Å². The van der Waals surface area contributed by atoms with Crippen molar-refractivity contribution in [3.05, 3.63) is 37.9 Å². The Labute approximate surface area is 82.1 Å². The average molecular weight is 212 g/mol. The first-order valence-corrected chi connectivity index (χ1v) is 3.58. The van der Waals surface area contributed by atoms with E-state index in [2.05, 4.69) is 0 Å². The maximum Gasteiger partial charge on any atom is 0.356 e. The van der Waals surface area contributed by atoms with E-state index in [9.17, 15) is 25.0 Å². The van der Waals surface area contributed by atoms with Crippen LogP contribution in [0.4, 0.5) is 11.4 Å². The number of phenols is 1. The average Bonchev–Trinajstić information content (AvgIpc) is 2.15. The number of phenolic OH excluding ortho intramolecular Hbond substituents is 1. The minimum atomic E-state index is -1.04. The monoisotopic (exact) mass is 212 g/mol. The first-order chi connectivity index (χ1) is 6.97. The number of benzene rings is 1. The molecule has 0 saturated carbocycles. The molecule has 0 atom stereocenters. The minimum Gasteiger partial charge on any atom is -0.508 e. The first kappa shape index (κ1) is 10.6. The van der Waals surface area contributed by atoms with E-state index in [-0.39, 0.29) is 6.29 Å². The largest absolute Gasteiger partial charge is 0.508 e. The van der Waals surface area contributed by atoms with Crippen LogP contribution in [0.3, 0.4) is 0 Å². The van der Waals surface area contributed by atoms with Gasteiger partial charge in [0.15, 0.2) is 6.29 Å². The van der Waals surface area contributed by atoms with Crippen LogP contribution in [0.2, 0.25) is 0 Å². The number of aldehydes is 1. The molecule has 0 saturated heterocycles. The van der Waals surface area contributed by atoms with Gasteiger partial charge in [-0.15, -0.1) is 0 Å². The molecule has 0 aliphatic carbocycles. The summed E-state index contributed by atoms with van der Waals surface area (Å²) >= 11 is 0. The summed E-state index contributed by atoms with van der Waals surface area (Å²) in [5.41, 5.74) is -2.37. The summed E-state index contributed by atoms with van der Waals surface area (Å²) < 4.78 is 0. The predicted molar refractivity (Wildman–Crippen MR) is 46.8 cm³/mol. The van der Waals surface area contributed by atoms with Gasteiger partial charge in [-0.2, -0.15) is 0 Å². The smallest absolute Gasteiger partial charge is 0.356 e. The highest BCUT2D eigenvalue weighted by atomic mass is 16.6. The SMILES string of the molecule is O=Cc1cc(O)cc([N+](=O)[O-])c1[N+](=O)[O-]. The Balaban J connectivity index is 3.61. The first-order valence-electron chi connectivity index (χ1n) is 3.58. The Morgan fingerprint density at radius 1 is 1.20 bits per heavy atom. The van der Waals surface area contributed by atoms with Crippen LogP contribution in [0.15, 0.2) is 12.1 Å². The zero-order valence-electron chi connectivity index (χ0n) is 7.11. The molecule has 78 valence electrons. The van der Waals surface area contributed by atoms with Crippen molar-refractivity contribution in [2.45, 2.75) is 0 Å². The summed E-state index contributed by atoms with van der Waals surface area (Å²) in [6, 6.07) is 1.41. The third-order valence-corrected chi connectivity index (χ3v) is 1.61. The molecular weight excluding hydrogens is 208 g/mol. The van der Waals surface area contributed by atoms with Crippen LogP contribution in [0.5, 0.6) is 5.75 Å². The highest BCUT2D eigenvalue weighted by Gasteiger charge is 2.29. The standard InChI is InChI=1S/C7H4N2O6/c10-3-4-1-5(11)2-6(8(12)13)7(4)9(14)15/h1-3,11H. The minimum absolute atomic E-state index is 0.0743. The van der Waals surface area contributed by atoms with Gasteiger partial charge in [-0.25, -0.2) is 0 Å².